The quantitative estimate of drug-likeness (QED) is 0.446. The molecule has 3 aromatic rings. The molecule has 0 bridgehead atoms. The highest BCUT2D eigenvalue weighted by atomic mass is 35.5. The first-order valence-electron chi connectivity index (χ1n) is 9.39. The predicted octanol–water partition coefficient (Wildman–Crippen LogP) is 6.87. The molecule has 156 valence electrons. The molecule has 3 nitrogen and oxygen atoms in total. The average molecular weight is 436 g/mol. The lowest BCUT2D eigenvalue weighted by molar-refractivity contribution is -0.178. The summed E-state index contributed by atoms with van der Waals surface area (Å²) in [5.74, 6) is -1.86. The molecule has 8 heteroatoms. The number of aryl methyl sites for hydroxylation is 1. The smallest absolute Gasteiger partial charge is 0.377 e. The van der Waals surface area contributed by atoms with Crippen molar-refractivity contribution >= 4 is 33.8 Å². The van der Waals surface area contributed by atoms with Crippen molar-refractivity contribution in [1.82, 2.24) is 9.97 Å². The van der Waals surface area contributed by atoms with Gasteiger partial charge in [-0.1, -0.05) is 23.7 Å². The zero-order valence-electron chi connectivity index (χ0n) is 16.2. The van der Waals surface area contributed by atoms with Gasteiger partial charge in [-0.15, -0.1) is 0 Å². The van der Waals surface area contributed by atoms with Crippen LogP contribution in [0.1, 0.15) is 36.3 Å². The largest absolute Gasteiger partial charge is 0.394 e. The highest BCUT2D eigenvalue weighted by Gasteiger charge is 2.48. The van der Waals surface area contributed by atoms with Crippen molar-refractivity contribution in [3.63, 3.8) is 0 Å². The Bertz CT molecular complexity index is 1160. The van der Waals surface area contributed by atoms with Crippen LogP contribution in [0, 0.1) is 18.7 Å². The zero-order valence-corrected chi connectivity index (χ0v) is 16.9. The third-order valence-corrected chi connectivity index (χ3v) is 5.67. The van der Waals surface area contributed by atoms with Gasteiger partial charge in [-0.3, -0.25) is 0 Å². The minimum atomic E-state index is -4.45. The van der Waals surface area contributed by atoms with Crippen molar-refractivity contribution in [1.29, 1.82) is 0 Å². The van der Waals surface area contributed by atoms with Gasteiger partial charge in [0.15, 0.2) is 0 Å². The molecule has 0 unspecified atom stereocenters. The normalized spacial score (nSPS) is 20.4. The molecule has 0 amide bonds. The second kappa shape index (κ2) is 7.54. The van der Waals surface area contributed by atoms with E-state index >= 15 is 0 Å². The molecule has 0 saturated carbocycles. The summed E-state index contributed by atoms with van der Waals surface area (Å²) in [5, 5.41) is 3.67. The molecule has 1 aliphatic rings. The van der Waals surface area contributed by atoms with E-state index in [0.717, 1.165) is 5.56 Å². The molecule has 0 spiro atoms. The number of fused-ring (bicyclic) bond motifs is 2. The lowest BCUT2D eigenvalue weighted by Crippen LogP contribution is -2.36. The highest BCUT2D eigenvalue weighted by Crippen LogP contribution is 2.50. The minimum Gasteiger partial charge on any atom is -0.377 e. The van der Waals surface area contributed by atoms with E-state index in [4.69, 9.17) is 11.6 Å². The molecule has 1 N–H and O–H groups in total. The molecule has 1 aromatic heterocycles. The van der Waals surface area contributed by atoms with Gasteiger partial charge in [0.05, 0.1) is 12.0 Å². The van der Waals surface area contributed by atoms with Crippen LogP contribution in [-0.2, 0) is 0 Å². The van der Waals surface area contributed by atoms with Crippen molar-refractivity contribution in [2.75, 3.05) is 5.32 Å². The van der Waals surface area contributed by atoms with Gasteiger partial charge >= 0.3 is 6.18 Å². The Labute approximate surface area is 175 Å². The number of nitrogens with zero attached hydrogens (tertiary/aromatic N) is 2. The Morgan fingerprint density at radius 2 is 1.97 bits per heavy atom. The summed E-state index contributed by atoms with van der Waals surface area (Å²) in [6.07, 6.45) is -1.49. The number of anilines is 1. The fraction of sp³-hybridized carbons (Fsp3) is 0.273. The van der Waals surface area contributed by atoms with Crippen LogP contribution in [0.15, 0.2) is 42.6 Å². The number of allylic oxidation sites excluding steroid dienone is 2. The Hall–Kier alpha value is -2.67. The van der Waals surface area contributed by atoms with E-state index in [1.165, 1.54) is 18.3 Å². The van der Waals surface area contributed by atoms with Gasteiger partial charge in [-0.2, -0.15) is 13.2 Å². The van der Waals surface area contributed by atoms with E-state index in [2.05, 4.69) is 15.3 Å². The first-order valence-corrected chi connectivity index (χ1v) is 9.77. The Morgan fingerprint density at radius 1 is 1.20 bits per heavy atom. The van der Waals surface area contributed by atoms with Gasteiger partial charge < -0.3 is 5.32 Å². The molecule has 1 aliphatic carbocycles. The maximum atomic E-state index is 14.3. The molecule has 1 heterocycles. The molecule has 0 aliphatic heterocycles. The molecule has 30 heavy (non-hydrogen) atoms. The predicted molar refractivity (Wildman–Crippen MR) is 110 cm³/mol. The number of aromatic nitrogens is 2. The molecular formula is C22H18ClF4N3. The minimum absolute atomic E-state index is 0.0623. The molecular weight excluding hydrogens is 418 g/mol. The molecule has 0 radical (unpaired) electrons. The lowest BCUT2D eigenvalue weighted by Gasteiger charge is -2.37. The number of benzene rings is 2. The van der Waals surface area contributed by atoms with E-state index in [1.807, 2.05) is 0 Å². The summed E-state index contributed by atoms with van der Waals surface area (Å²) in [7, 11) is 0. The van der Waals surface area contributed by atoms with Crippen LogP contribution >= 0.6 is 11.6 Å². The van der Waals surface area contributed by atoms with E-state index in [-0.39, 0.29) is 11.9 Å². The molecule has 0 saturated heterocycles. The number of rotatable bonds is 2. The summed E-state index contributed by atoms with van der Waals surface area (Å²) in [5.41, 5.74) is 2.19. The van der Waals surface area contributed by atoms with Crippen molar-refractivity contribution < 1.29 is 17.6 Å². The molecule has 2 aromatic carbocycles. The third-order valence-electron chi connectivity index (χ3n) is 5.44. The highest BCUT2D eigenvalue weighted by molar-refractivity contribution is 6.30. The summed E-state index contributed by atoms with van der Waals surface area (Å²) < 4.78 is 56.4. The van der Waals surface area contributed by atoms with E-state index in [0.29, 0.717) is 33.1 Å². The van der Waals surface area contributed by atoms with Crippen molar-refractivity contribution in [3.05, 3.63) is 70.4 Å². The van der Waals surface area contributed by atoms with Crippen LogP contribution in [0.25, 0.3) is 16.5 Å². The fourth-order valence-electron chi connectivity index (χ4n) is 3.99. The van der Waals surface area contributed by atoms with E-state index in [9.17, 15) is 17.6 Å². The zero-order chi connectivity index (χ0) is 21.6. The Balaban J connectivity index is 1.89. The van der Waals surface area contributed by atoms with Crippen LogP contribution < -0.4 is 5.32 Å². The molecule has 2 atom stereocenters. The second-order valence-corrected chi connectivity index (χ2v) is 7.73. The van der Waals surface area contributed by atoms with Crippen molar-refractivity contribution in [2.24, 2.45) is 5.92 Å². The van der Waals surface area contributed by atoms with Gasteiger partial charge in [0.2, 0.25) is 0 Å². The molecule has 4 rings (SSSR count). The van der Waals surface area contributed by atoms with E-state index in [1.54, 1.807) is 38.1 Å². The van der Waals surface area contributed by atoms with Crippen LogP contribution in [0.5, 0.6) is 0 Å². The third kappa shape index (κ3) is 3.62. The monoisotopic (exact) mass is 435 g/mol. The summed E-state index contributed by atoms with van der Waals surface area (Å²) in [4.78, 5) is 8.19. The van der Waals surface area contributed by atoms with Crippen LogP contribution in [-0.4, -0.2) is 16.1 Å². The maximum absolute atomic E-state index is 14.3. The lowest BCUT2D eigenvalue weighted by atomic mass is 9.76. The van der Waals surface area contributed by atoms with Crippen LogP contribution in [0.2, 0.25) is 5.02 Å². The van der Waals surface area contributed by atoms with Gasteiger partial charge in [0, 0.05) is 22.3 Å². The Kier molecular flexibility index (Phi) is 5.18. The van der Waals surface area contributed by atoms with Crippen LogP contribution in [0.4, 0.5) is 23.2 Å². The number of halogens is 5. The molecule has 0 fully saturated rings. The summed E-state index contributed by atoms with van der Waals surface area (Å²) >= 11 is 6.13. The topological polar surface area (TPSA) is 37.8 Å². The van der Waals surface area contributed by atoms with Gasteiger partial charge in [0.25, 0.3) is 0 Å². The average Bonchev–Trinajstić information content (AvgIpc) is 2.69. The maximum Gasteiger partial charge on any atom is 0.394 e. The van der Waals surface area contributed by atoms with Gasteiger partial charge in [0.1, 0.15) is 17.2 Å². The van der Waals surface area contributed by atoms with Crippen LogP contribution in [0.3, 0.4) is 0 Å². The number of hydrogen-bond donors (Lipinski definition) is 1. The summed E-state index contributed by atoms with van der Waals surface area (Å²) in [6, 6.07) is 6.47. The first kappa shape index (κ1) is 20.6. The first-order chi connectivity index (χ1) is 14.2. The van der Waals surface area contributed by atoms with E-state index < -0.39 is 24.0 Å². The number of hydrogen-bond acceptors (Lipinski definition) is 3. The van der Waals surface area contributed by atoms with Gasteiger partial charge in [-0.25, -0.2) is 14.4 Å². The Morgan fingerprint density at radius 3 is 2.67 bits per heavy atom. The second-order valence-electron chi connectivity index (χ2n) is 7.29. The number of alkyl halides is 3. The standard InChI is InChI=1S/C22H18ClF4N3/c1-3-12-8-17(22(25,26)27)20(15-9-13(23)4-5-14(12)15)30-19-7-6-18(24)21-16(19)10-28-11(2)29-21/h3-7,9-10,17,20,30H,8H2,1-2H3/b12-3-/t17-,20+/m0/s1. The van der Waals surface area contributed by atoms with Crippen molar-refractivity contribution in [2.45, 2.75) is 32.5 Å². The number of nitrogens with one attached hydrogen (secondary N) is 1. The SMILES string of the molecule is C/C=C1/C[C@H](C(F)(F)F)[C@H](Nc2ccc(F)c3nc(C)ncc23)c2cc(Cl)ccc21. The van der Waals surface area contributed by atoms with Gasteiger partial charge in [-0.05, 0) is 61.2 Å². The summed E-state index contributed by atoms with van der Waals surface area (Å²) in [6.45, 7) is 3.35. The van der Waals surface area contributed by atoms with Crippen molar-refractivity contribution in [3.8, 4) is 0 Å². The fourth-order valence-corrected chi connectivity index (χ4v) is 4.17.